The number of carboxylic acid groups (broad SMARTS) is 1. The fraction of sp³-hybridized carbons (Fsp3) is 0. The monoisotopic (exact) mass is 233 g/mol. The van der Waals surface area contributed by atoms with E-state index in [4.69, 9.17) is 5.11 Å². The molecule has 1 aromatic heterocycles. The Bertz CT molecular complexity index is 584. The quantitative estimate of drug-likeness (QED) is 0.834. The molecule has 0 spiro atoms. The van der Waals surface area contributed by atoms with Crippen LogP contribution in [-0.2, 0) is 0 Å². The summed E-state index contributed by atoms with van der Waals surface area (Å²) in [4.78, 5) is 14.4. The zero-order chi connectivity index (χ0) is 12.4. The molecule has 1 heterocycles. The van der Waals surface area contributed by atoms with Gasteiger partial charge in [0.25, 0.3) is 0 Å². The molecule has 4 nitrogen and oxygen atoms in total. The van der Waals surface area contributed by atoms with E-state index in [-0.39, 0.29) is 16.9 Å². The second-order valence-electron chi connectivity index (χ2n) is 3.43. The highest BCUT2D eigenvalue weighted by molar-refractivity contribution is 5.88. The summed E-state index contributed by atoms with van der Waals surface area (Å²) in [5.41, 5.74) is 0.456. The predicted molar refractivity (Wildman–Crippen MR) is 58.3 cm³/mol. The lowest BCUT2D eigenvalue weighted by Gasteiger charge is -2.04. The lowest BCUT2D eigenvalue weighted by atomic mass is 10.0. The van der Waals surface area contributed by atoms with Gasteiger partial charge in [0.15, 0.2) is 0 Å². The molecule has 2 rings (SSSR count). The third kappa shape index (κ3) is 2.23. The summed E-state index contributed by atoms with van der Waals surface area (Å²) < 4.78 is 13.7. The Morgan fingerprint density at radius 1 is 1.24 bits per heavy atom. The number of aromatic nitrogens is 1. The van der Waals surface area contributed by atoms with Crippen molar-refractivity contribution in [3.05, 3.63) is 48.0 Å². The van der Waals surface area contributed by atoms with Crippen LogP contribution in [0.1, 0.15) is 10.4 Å². The summed E-state index contributed by atoms with van der Waals surface area (Å²) in [6, 6.07) is 4.92. The molecule has 0 amide bonds. The van der Waals surface area contributed by atoms with E-state index in [2.05, 4.69) is 4.98 Å². The van der Waals surface area contributed by atoms with E-state index in [9.17, 15) is 14.3 Å². The van der Waals surface area contributed by atoms with Crippen LogP contribution in [-0.4, -0.2) is 21.2 Å². The zero-order valence-corrected chi connectivity index (χ0v) is 8.59. The third-order valence-corrected chi connectivity index (χ3v) is 2.25. The van der Waals surface area contributed by atoms with Gasteiger partial charge in [-0.15, -0.1) is 0 Å². The van der Waals surface area contributed by atoms with Crippen LogP contribution in [0.3, 0.4) is 0 Å². The van der Waals surface area contributed by atoms with Crippen molar-refractivity contribution in [2.24, 2.45) is 0 Å². The Labute approximate surface area is 96.0 Å². The van der Waals surface area contributed by atoms with Crippen molar-refractivity contribution < 1.29 is 19.4 Å². The molecular weight excluding hydrogens is 225 g/mol. The molecule has 0 saturated heterocycles. The summed E-state index contributed by atoms with van der Waals surface area (Å²) in [6.45, 7) is 0. The second-order valence-corrected chi connectivity index (χ2v) is 3.43. The highest BCUT2D eigenvalue weighted by atomic mass is 19.1. The SMILES string of the molecule is O=C(O)c1ccc(-c2cncc(O)c2)c(F)c1. The highest BCUT2D eigenvalue weighted by Crippen LogP contribution is 2.25. The van der Waals surface area contributed by atoms with Crippen molar-refractivity contribution in [3.8, 4) is 16.9 Å². The molecule has 0 radical (unpaired) electrons. The van der Waals surface area contributed by atoms with E-state index in [1.807, 2.05) is 0 Å². The Balaban J connectivity index is 2.50. The molecule has 86 valence electrons. The number of benzene rings is 1. The predicted octanol–water partition coefficient (Wildman–Crippen LogP) is 2.29. The number of pyridine rings is 1. The molecule has 0 aliphatic rings. The topological polar surface area (TPSA) is 70.4 Å². The van der Waals surface area contributed by atoms with Crippen LogP contribution < -0.4 is 0 Å². The van der Waals surface area contributed by atoms with Crippen molar-refractivity contribution in [3.63, 3.8) is 0 Å². The molecule has 0 bridgehead atoms. The van der Waals surface area contributed by atoms with E-state index < -0.39 is 11.8 Å². The number of carbonyl (C=O) groups is 1. The van der Waals surface area contributed by atoms with Gasteiger partial charge in [0.1, 0.15) is 11.6 Å². The number of hydrogen-bond acceptors (Lipinski definition) is 3. The van der Waals surface area contributed by atoms with Gasteiger partial charge in [-0.3, -0.25) is 4.98 Å². The minimum atomic E-state index is -1.19. The van der Waals surface area contributed by atoms with E-state index in [1.54, 1.807) is 0 Å². The standard InChI is InChI=1S/C12H8FNO3/c13-11-4-7(12(16)17)1-2-10(11)8-3-9(15)6-14-5-8/h1-6,15H,(H,16,17). The van der Waals surface area contributed by atoms with Crippen LogP contribution in [0.15, 0.2) is 36.7 Å². The molecule has 0 fully saturated rings. The maximum absolute atomic E-state index is 13.7. The number of halogens is 1. The average molecular weight is 233 g/mol. The third-order valence-electron chi connectivity index (χ3n) is 2.25. The molecule has 0 saturated carbocycles. The minimum absolute atomic E-state index is 0.0794. The van der Waals surface area contributed by atoms with E-state index in [1.165, 1.54) is 30.6 Å². The van der Waals surface area contributed by atoms with Crippen LogP contribution in [0.25, 0.3) is 11.1 Å². The highest BCUT2D eigenvalue weighted by Gasteiger charge is 2.10. The van der Waals surface area contributed by atoms with E-state index >= 15 is 0 Å². The first-order valence-corrected chi connectivity index (χ1v) is 4.75. The maximum atomic E-state index is 13.7. The molecule has 0 aliphatic carbocycles. The van der Waals surface area contributed by atoms with Crippen LogP contribution in [0.2, 0.25) is 0 Å². The summed E-state index contributed by atoms with van der Waals surface area (Å²) in [5.74, 6) is -1.94. The lowest BCUT2D eigenvalue weighted by Crippen LogP contribution is -1.97. The number of rotatable bonds is 2. The first-order valence-electron chi connectivity index (χ1n) is 4.75. The van der Waals surface area contributed by atoms with Gasteiger partial charge < -0.3 is 10.2 Å². The molecule has 0 aliphatic heterocycles. The molecule has 5 heteroatoms. The van der Waals surface area contributed by atoms with Gasteiger partial charge in [-0.1, -0.05) is 6.07 Å². The fourth-order valence-electron chi connectivity index (χ4n) is 1.46. The van der Waals surface area contributed by atoms with Crippen molar-refractivity contribution in [2.75, 3.05) is 0 Å². The summed E-state index contributed by atoms with van der Waals surface area (Å²) >= 11 is 0. The molecule has 2 aromatic rings. The van der Waals surface area contributed by atoms with Crippen molar-refractivity contribution in [1.82, 2.24) is 4.98 Å². The molecule has 0 unspecified atom stereocenters. The number of nitrogens with zero attached hydrogens (tertiary/aromatic N) is 1. The molecule has 17 heavy (non-hydrogen) atoms. The zero-order valence-electron chi connectivity index (χ0n) is 8.59. The smallest absolute Gasteiger partial charge is 0.335 e. The van der Waals surface area contributed by atoms with Gasteiger partial charge in [-0.2, -0.15) is 0 Å². The number of aromatic carboxylic acids is 1. The molecular formula is C12H8FNO3. The van der Waals surface area contributed by atoms with Gasteiger partial charge in [-0.05, 0) is 18.2 Å². The van der Waals surface area contributed by atoms with Crippen molar-refractivity contribution in [1.29, 1.82) is 0 Å². The maximum Gasteiger partial charge on any atom is 0.335 e. The van der Waals surface area contributed by atoms with Crippen LogP contribution in [0.5, 0.6) is 5.75 Å². The van der Waals surface area contributed by atoms with Crippen LogP contribution >= 0.6 is 0 Å². The summed E-state index contributed by atoms with van der Waals surface area (Å²) in [5, 5.41) is 17.9. The minimum Gasteiger partial charge on any atom is -0.506 e. The Hall–Kier alpha value is -2.43. The van der Waals surface area contributed by atoms with Crippen molar-refractivity contribution >= 4 is 5.97 Å². The number of carboxylic acids is 1. The first-order chi connectivity index (χ1) is 8.08. The fourth-order valence-corrected chi connectivity index (χ4v) is 1.46. The van der Waals surface area contributed by atoms with Crippen LogP contribution in [0.4, 0.5) is 4.39 Å². The number of aromatic hydroxyl groups is 1. The number of hydrogen-bond donors (Lipinski definition) is 2. The van der Waals surface area contributed by atoms with Gasteiger partial charge in [0.05, 0.1) is 11.8 Å². The Kier molecular flexibility index (Phi) is 2.74. The molecule has 2 N–H and O–H groups in total. The van der Waals surface area contributed by atoms with Gasteiger partial charge in [-0.25, -0.2) is 9.18 Å². The average Bonchev–Trinajstić information content (AvgIpc) is 2.28. The molecule has 0 atom stereocenters. The Morgan fingerprint density at radius 2 is 2.00 bits per heavy atom. The Morgan fingerprint density at radius 3 is 2.59 bits per heavy atom. The summed E-state index contributed by atoms with van der Waals surface area (Å²) in [6.07, 6.45) is 2.62. The van der Waals surface area contributed by atoms with Crippen LogP contribution in [0, 0.1) is 5.82 Å². The largest absolute Gasteiger partial charge is 0.506 e. The van der Waals surface area contributed by atoms with E-state index in [0.29, 0.717) is 5.56 Å². The second kappa shape index (κ2) is 4.21. The van der Waals surface area contributed by atoms with Gasteiger partial charge >= 0.3 is 5.97 Å². The van der Waals surface area contributed by atoms with Crippen molar-refractivity contribution in [2.45, 2.75) is 0 Å². The normalized spacial score (nSPS) is 10.2. The molecule has 1 aromatic carbocycles. The van der Waals surface area contributed by atoms with E-state index in [0.717, 1.165) is 6.07 Å². The first kappa shape index (κ1) is 11.1. The van der Waals surface area contributed by atoms with Gasteiger partial charge in [0, 0.05) is 17.3 Å². The lowest BCUT2D eigenvalue weighted by molar-refractivity contribution is 0.0696. The summed E-state index contributed by atoms with van der Waals surface area (Å²) in [7, 11) is 0. The van der Waals surface area contributed by atoms with Gasteiger partial charge in [0.2, 0.25) is 0 Å².